The lowest BCUT2D eigenvalue weighted by molar-refractivity contribution is -0.458. The summed E-state index contributed by atoms with van der Waals surface area (Å²) in [6.45, 7) is 0. The summed E-state index contributed by atoms with van der Waals surface area (Å²) in [7, 11) is -7.66. The van der Waals surface area contributed by atoms with Crippen molar-refractivity contribution in [1.82, 2.24) is 0 Å². The van der Waals surface area contributed by atoms with Crippen LogP contribution in [0.25, 0.3) is 0 Å². The average molecular weight is 591 g/mol. The van der Waals surface area contributed by atoms with E-state index in [4.69, 9.17) is 0 Å². The highest BCUT2D eigenvalue weighted by molar-refractivity contribution is 7.87. The highest BCUT2D eigenvalue weighted by atomic mass is 32.2. The van der Waals surface area contributed by atoms with Crippen LogP contribution in [0.2, 0.25) is 0 Å². The van der Waals surface area contributed by atoms with Crippen molar-refractivity contribution in [1.29, 1.82) is 0 Å². The Morgan fingerprint density at radius 2 is 0.861 bits per heavy atom. The number of hydrogen-bond donors (Lipinski definition) is 1. The monoisotopic (exact) mass is 591 g/mol. The van der Waals surface area contributed by atoms with Gasteiger partial charge in [-0.3, -0.25) is 0 Å². The first-order valence-electron chi connectivity index (χ1n) is 8.03. The summed E-state index contributed by atoms with van der Waals surface area (Å²) in [5.74, 6) is -52.0. The number of rotatable bonds is 10. The summed E-state index contributed by atoms with van der Waals surface area (Å²) in [6, 6.07) is 4.61. The molecule has 1 rings (SSSR count). The summed E-state index contributed by atoms with van der Waals surface area (Å²) < 4.78 is 249. The van der Waals surface area contributed by atoms with Crippen LogP contribution in [0.15, 0.2) is 30.3 Å². The van der Waals surface area contributed by atoms with Gasteiger partial charge in [0.25, 0.3) is 0 Å². The molecule has 0 radical (unpaired) electrons. The molecule has 1 aromatic rings. The molecule has 0 bridgehead atoms. The van der Waals surface area contributed by atoms with E-state index in [1.807, 2.05) is 0 Å². The van der Waals surface area contributed by atoms with Crippen molar-refractivity contribution in [3.63, 3.8) is 0 Å². The molecule has 0 unspecified atom stereocenters. The predicted molar refractivity (Wildman–Crippen MR) is 80.8 cm³/mol. The van der Waals surface area contributed by atoms with Gasteiger partial charge in [-0.15, -0.1) is 4.28 Å². The van der Waals surface area contributed by atoms with Crippen molar-refractivity contribution >= 4 is 15.8 Å². The predicted octanol–water partition coefficient (Wildman–Crippen LogP) is 6.33. The normalized spacial score (nSPS) is 15.7. The van der Waals surface area contributed by atoms with E-state index in [-0.39, 0.29) is 0 Å². The lowest BCUT2D eigenvalue weighted by atomic mass is 9.91. The quantitative estimate of drug-likeness (QED) is 0.256. The molecule has 0 spiro atoms. The second-order valence-corrected chi connectivity index (χ2v) is 8.05. The largest absolute Gasteiger partial charge is 0.460 e. The van der Waals surface area contributed by atoms with Crippen LogP contribution in [-0.2, 0) is 14.4 Å². The number of nitrogens with one attached hydrogen (secondary N) is 1. The molecule has 0 saturated heterocycles. The third-order valence-electron chi connectivity index (χ3n) is 4.05. The van der Waals surface area contributed by atoms with Crippen LogP contribution in [0.3, 0.4) is 0 Å². The van der Waals surface area contributed by atoms with E-state index in [0.717, 1.165) is 29.7 Å². The first-order valence-corrected chi connectivity index (χ1v) is 9.44. The number of benzene rings is 1. The minimum absolute atomic E-state index is 0.724. The Bertz CT molecular complexity index is 1040. The zero-order valence-corrected chi connectivity index (χ0v) is 16.8. The molecule has 0 saturated carbocycles. The standard InChI is InChI=1S/C14H6F17NO3S/c15-7(16,9(19,20)11(23,24)13(27,28)29)8(17,18)10(21,22)12(25,26)14(30,31)36(33,34)35-32-6-4-2-1-3-5-6/h1-5,32H. The van der Waals surface area contributed by atoms with E-state index < -0.39 is 62.8 Å². The van der Waals surface area contributed by atoms with E-state index in [1.54, 1.807) is 0 Å². The number of hydrogen-bond acceptors (Lipinski definition) is 4. The van der Waals surface area contributed by atoms with Crippen LogP contribution >= 0.6 is 0 Å². The third kappa shape index (κ3) is 4.28. The minimum Gasteiger partial charge on any atom is -0.249 e. The fourth-order valence-corrected chi connectivity index (χ4v) is 2.72. The van der Waals surface area contributed by atoms with Gasteiger partial charge in [0.1, 0.15) is 0 Å². The van der Waals surface area contributed by atoms with Crippen molar-refractivity contribution in [3.8, 4) is 0 Å². The van der Waals surface area contributed by atoms with Gasteiger partial charge in [-0.25, -0.2) is 5.48 Å². The van der Waals surface area contributed by atoms with Crippen molar-refractivity contribution in [2.75, 3.05) is 5.48 Å². The van der Waals surface area contributed by atoms with E-state index in [9.17, 15) is 83.1 Å². The van der Waals surface area contributed by atoms with Crippen LogP contribution in [0.5, 0.6) is 0 Å². The van der Waals surface area contributed by atoms with Crippen molar-refractivity contribution in [2.24, 2.45) is 0 Å². The highest BCUT2D eigenvalue weighted by Gasteiger charge is 2.96. The molecule has 0 aliphatic heterocycles. The summed E-state index contributed by atoms with van der Waals surface area (Å²) in [5, 5.41) is -7.74. The molecule has 0 atom stereocenters. The van der Waals surface area contributed by atoms with Crippen LogP contribution < -0.4 is 5.48 Å². The SMILES string of the molecule is O=S(=O)(ONc1ccccc1)C(F)(F)C(F)(F)C(F)(F)C(F)(F)C(F)(F)C(F)(F)C(F)(F)C(F)(F)F. The highest BCUT2D eigenvalue weighted by Crippen LogP contribution is 2.64. The number of halogens is 17. The molecular weight excluding hydrogens is 585 g/mol. The Morgan fingerprint density at radius 3 is 1.22 bits per heavy atom. The summed E-state index contributed by atoms with van der Waals surface area (Å²) >= 11 is 0. The first kappa shape index (κ1) is 31.8. The molecule has 22 heteroatoms. The molecule has 0 fully saturated rings. The third-order valence-corrected chi connectivity index (χ3v) is 5.24. The Morgan fingerprint density at radius 1 is 0.528 bits per heavy atom. The topological polar surface area (TPSA) is 55.4 Å². The Balaban J connectivity index is 3.58. The Labute approximate surface area is 187 Å². The second kappa shape index (κ2) is 8.65. The van der Waals surface area contributed by atoms with Gasteiger partial charge in [0.05, 0.1) is 5.69 Å². The van der Waals surface area contributed by atoms with Crippen LogP contribution in [0.1, 0.15) is 0 Å². The van der Waals surface area contributed by atoms with Gasteiger partial charge in [-0.05, 0) is 12.1 Å². The average Bonchev–Trinajstić information content (AvgIpc) is 2.71. The number of anilines is 1. The molecule has 1 N–H and O–H groups in total. The summed E-state index contributed by atoms with van der Waals surface area (Å²) in [6.07, 6.45) is -7.89. The van der Waals surface area contributed by atoms with E-state index >= 15 is 0 Å². The van der Waals surface area contributed by atoms with Crippen LogP contribution in [-0.4, -0.2) is 55.4 Å². The number of alkyl halides is 17. The maximum Gasteiger partial charge on any atom is 0.460 e. The summed E-state index contributed by atoms with van der Waals surface area (Å²) in [5.41, 5.74) is 0.194. The van der Waals surface area contributed by atoms with E-state index in [0.29, 0.717) is 0 Å². The molecular formula is C14H6F17NO3S. The Hall–Kier alpha value is -2.26. The van der Waals surface area contributed by atoms with Crippen molar-refractivity contribution < 1.29 is 87.3 Å². The van der Waals surface area contributed by atoms with Gasteiger partial charge in [0.2, 0.25) is 0 Å². The maximum absolute atomic E-state index is 13.7. The molecule has 0 heterocycles. The minimum atomic E-state index is -8.90. The van der Waals surface area contributed by atoms with Gasteiger partial charge >= 0.3 is 57.1 Å². The zero-order valence-electron chi connectivity index (χ0n) is 15.9. The lowest BCUT2D eigenvalue weighted by Gasteiger charge is -2.42. The van der Waals surface area contributed by atoms with Crippen LogP contribution in [0.4, 0.5) is 80.3 Å². The summed E-state index contributed by atoms with van der Waals surface area (Å²) in [4.78, 5) is 0. The van der Waals surface area contributed by atoms with Gasteiger partial charge < -0.3 is 0 Å². The molecule has 1 aromatic carbocycles. The van der Waals surface area contributed by atoms with E-state index in [1.165, 1.54) is 6.07 Å². The molecule has 0 aliphatic rings. The second-order valence-electron chi connectivity index (χ2n) is 6.47. The smallest absolute Gasteiger partial charge is 0.249 e. The van der Waals surface area contributed by atoms with Crippen molar-refractivity contribution in [2.45, 2.75) is 47.0 Å². The lowest BCUT2D eigenvalue weighted by Crippen LogP contribution is -2.75. The molecule has 0 amide bonds. The fourth-order valence-electron chi connectivity index (χ4n) is 1.97. The zero-order chi connectivity index (χ0) is 29.0. The van der Waals surface area contributed by atoms with Crippen LogP contribution in [0, 0.1) is 0 Å². The van der Waals surface area contributed by atoms with Crippen molar-refractivity contribution in [3.05, 3.63) is 30.3 Å². The van der Waals surface area contributed by atoms with Gasteiger partial charge in [0, 0.05) is 0 Å². The molecule has 0 aromatic heterocycles. The molecule has 4 nitrogen and oxygen atoms in total. The Kier molecular flexibility index (Phi) is 7.64. The molecule has 210 valence electrons. The fraction of sp³-hybridized carbons (Fsp3) is 0.571. The van der Waals surface area contributed by atoms with Gasteiger partial charge in [0.15, 0.2) is 0 Å². The molecule has 0 aliphatic carbocycles. The molecule has 36 heavy (non-hydrogen) atoms. The van der Waals surface area contributed by atoms with E-state index in [2.05, 4.69) is 4.28 Å². The van der Waals surface area contributed by atoms with Gasteiger partial charge in [-0.2, -0.15) is 83.1 Å². The van der Waals surface area contributed by atoms with Gasteiger partial charge in [-0.1, -0.05) is 18.2 Å². The number of para-hydroxylation sites is 1. The maximum atomic E-state index is 13.7. The first-order chi connectivity index (χ1) is 15.6.